The monoisotopic (exact) mass is 389 g/mol. The Morgan fingerprint density at radius 3 is 2.26 bits per heavy atom. The number of carbonyl (C=O) groups is 1. The highest BCUT2D eigenvalue weighted by Gasteiger charge is 2.15. The predicted molar refractivity (Wildman–Crippen MR) is 92.5 cm³/mol. The maximum atomic E-state index is 11.0. The summed E-state index contributed by atoms with van der Waals surface area (Å²) in [5.41, 5.74) is 3.34. The van der Waals surface area contributed by atoms with Crippen LogP contribution in [0.2, 0.25) is 0 Å². The smallest absolute Gasteiger partial charge is 0.359 e. The van der Waals surface area contributed by atoms with E-state index < -0.39 is 5.97 Å². The van der Waals surface area contributed by atoms with Gasteiger partial charge in [0.25, 0.3) is 0 Å². The summed E-state index contributed by atoms with van der Waals surface area (Å²) in [6.45, 7) is 0. The van der Waals surface area contributed by atoms with Gasteiger partial charge in [-0.25, -0.2) is 4.79 Å². The zero-order valence-corrected chi connectivity index (χ0v) is 14.3. The van der Waals surface area contributed by atoms with E-state index in [0.29, 0.717) is 10.8 Å². The third-order valence-corrected chi connectivity index (χ3v) is 4.79. The van der Waals surface area contributed by atoms with Crippen molar-refractivity contribution in [2.75, 3.05) is 0 Å². The molecule has 0 amide bonds. The average Bonchev–Trinajstić information content (AvgIpc) is 3.03. The van der Waals surface area contributed by atoms with E-state index in [0.717, 1.165) is 21.2 Å². The zero-order valence-electron chi connectivity index (χ0n) is 11.9. The second kappa shape index (κ2) is 6.97. The molecule has 116 valence electrons. The number of halogens is 1. The molecule has 23 heavy (non-hydrogen) atoms. The molecular formula is C16H12BrN3O2S. The Labute approximate surface area is 145 Å². The van der Waals surface area contributed by atoms with Crippen LogP contribution in [-0.2, 0) is 5.75 Å². The number of aromatic amines is 1. The van der Waals surface area contributed by atoms with Crippen LogP contribution in [0.15, 0.2) is 58.0 Å². The van der Waals surface area contributed by atoms with Gasteiger partial charge in [0.2, 0.25) is 5.69 Å². The van der Waals surface area contributed by atoms with Crippen molar-refractivity contribution >= 4 is 33.7 Å². The lowest BCUT2D eigenvalue weighted by Crippen LogP contribution is -1.98. The van der Waals surface area contributed by atoms with Gasteiger partial charge in [0.05, 0.1) is 0 Å². The van der Waals surface area contributed by atoms with E-state index in [1.807, 2.05) is 24.3 Å². The summed E-state index contributed by atoms with van der Waals surface area (Å²) in [4.78, 5) is 11.0. The minimum Gasteiger partial charge on any atom is -0.476 e. The van der Waals surface area contributed by atoms with Crippen LogP contribution in [0, 0.1) is 0 Å². The van der Waals surface area contributed by atoms with Crippen molar-refractivity contribution in [1.29, 1.82) is 0 Å². The maximum Gasteiger partial charge on any atom is 0.359 e. The molecule has 7 heteroatoms. The molecule has 2 aromatic carbocycles. The highest BCUT2D eigenvalue weighted by atomic mass is 79.9. The minimum atomic E-state index is -1.08. The van der Waals surface area contributed by atoms with Gasteiger partial charge >= 0.3 is 5.97 Å². The number of aromatic nitrogens is 3. The van der Waals surface area contributed by atoms with E-state index >= 15 is 0 Å². The Morgan fingerprint density at radius 1 is 1.04 bits per heavy atom. The van der Waals surface area contributed by atoms with Crippen molar-refractivity contribution in [3.8, 4) is 11.1 Å². The van der Waals surface area contributed by atoms with E-state index in [9.17, 15) is 4.79 Å². The molecule has 3 rings (SSSR count). The van der Waals surface area contributed by atoms with Crippen molar-refractivity contribution in [2.45, 2.75) is 10.8 Å². The van der Waals surface area contributed by atoms with Crippen LogP contribution in [0.25, 0.3) is 11.1 Å². The lowest BCUT2D eigenvalue weighted by Gasteiger charge is -2.04. The summed E-state index contributed by atoms with van der Waals surface area (Å²) in [6, 6.07) is 16.3. The number of H-pyrrole nitrogens is 1. The number of carboxylic acid groups (broad SMARTS) is 1. The Morgan fingerprint density at radius 2 is 1.65 bits per heavy atom. The SMILES string of the molecule is O=C(O)c1n[nH]nc1SCc1ccc(-c2ccc(Br)cc2)cc1. The molecule has 0 spiro atoms. The number of nitrogens with zero attached hydrogens (tertiary/aromatic N) is 2. The van der Waals surface area contributed by atoms with Gasteiger partial charge < -0.3 is 5.11 Å². The van der Waals surface area contributed by atoms with Gasteiger partial charge in [-0.2, -0.15) is 5.21 Å². The molecule has 2 N–H and O–H groups in total. The van der Waals surface area contributed by atoms with Crippen molar-refractivity contribution in [2.24, 2.45) is 0 Å². The van der Waals surface area contributed by atoms with E-state index in [2.05, 4.69) is 55.6 Å². The van der Waals surface area contributed by atoms with Crippen LogP contribution in [0.5, 0.6) is 0 Å². The normalized spacial score (nSPS) is 10.7. The number of nitrogens with one attached hydrogen (secondary N) is 1. The second-order valence-corrected chi connectivity index (χ2v) is 6.65. The summed E-state index contributed by atoms with van der Waals surface area (Å²) < 4.78 is 1.05. The first-order valence-corrected chi connectivity index (χ1v) is 8.53. The molecular weight excluding hydrogens is 378 g/mol. The molecule has 0 aliphatic rings. The standard InChI is InChI=1S/C16H12BrN3O2S/c17-13-7-5-12(6-8-13)11-3-1-10(2-4-11)9-23-15-14(16(21)22)18-20-19-15/h1-8H,9H2,(H,21,22)(H,18,19,20). The largest absolute Gasteiger partial charge is 0.476 e. The van der Waals surface area contributed by atoms with E-state index in [-0.39, 0.29) is 5.69 Å². The van der Waals surface area contributed by atoms with Crippen LogP contribution >= 0.6 is 27.7 Å². The summed E-state index contributed by atoms with van der Waals surface area (Å²) in [6.07, 6.45) is 0. The lowest BCUT2D eigenvalue weighted by molar-refractivity contribution is 0.0686. The molecule has 0 fully saturated rings. The number of hydrogen-bond acceptors (Lipinski definition) is 4. The van der Waals surface area contributed by atoms with E-state index in [1.165, 1.54) is 11.8 Å². The molecule has 0 atom stereocenters. The molecule has 5 nitrogen and oxygen atoms in total. The molecule has 0 unspecified atom stereocenters. The van der Waals surface area contributed by atoms with E-state index in [1.54, 1.807) is 0 Å². The first kappa shape index (κ1) is 15.8. The van der Waals surface area contributed by atoms with Crippen LogP contribution in [-0.4, -0.2) is 26.5 Å². The number of carboxylic acids is 1. The molecule has 0 aliphatic carbocycles. The highest BCUT2D eigenvalue weighted by Crippen LogP contribution is 2.26. The third-order valence-electron chi connectivity index (χ3n) is 3.23. The fraction of sp³-hybridized carbons (Fsp3) is 0.0625. The molecule has 1 aromatic heterocycles. The average molecular weight is 390 g/mol. The van der Waals surface area contributed by atoms with Gasteiger partial charge in [0.15, 0.2) is 5.03 Å². The highest BCUT2D eigenvalue weighted by molar-refractivity contribution is 9.10. The van der Waals surface area contributed by atoms with Gasteiger partial charge in [-0.05, 0) is 28.8 Å². The molecule has 0 bridgehead atoms. The Hall–Kier alpha value is -2.12. The molecule has 1 heterocycles. The number of rotatable bonds is 5. The fourth-order valence-corrected chi connectivity index (χ4v) is 3.18. The minimum absolute atomic E-state index is 0.0403. The van der Waals surface area contributed by atoms with Crippen LogP contribution in [0.1, 0.15) is 16.1 Å². The first-order valence-electron chi connectivity index (χ1n) is 6.75. The van der Waals surface area contributed by atoms with Crippen molar-refractivity contribution in [3.63, 3.8) is 0 Å². The van der Waals surface area contributed by atoms with Crippen molar-refractivity contribution in [1.82, 2.24) is 15.4 Å². The number of benzene rings is 2. The van der Waals surface area contributed by atoms with Gasteiger partial charge in [-0.3, -0.25) is 0 Å². The number of hydrogen-bond donors (Lipinski definition) is 2. The Balaban J connectivity index is 1.69. The van der Waals surface area contributed by atoms with Gasteiger partial charge in [0, 0.05) is 10.2 Å². The van der Waals surface area contributed by atoms with Crippen molar-refractivity contribution < 1.29 is 9.90 Å². The quantitative estimate of drug-likeness (QED) is 0.638. The van der Waals surface area contributed by atoms with Crippen LogP contribution < -0.4 is 0 Å². The molecule has 0 aliphatic heterocycles. The van der Waals surface area contributed by atoms with Gasteiger partial charge in [0.1, 0.15) is 0 Å². The first-order chi connectivity index (χ1) is 11.1. The van der Waals surface area contributed by atoms with E-state index in [4.69, 9.17) is 5.11 Å². The number of thioether (sulfide) groups is 1. The second-order valence-electron chi connectivity index (χ2n) is 4.78. The summed E-state index contributed by atoms with van der Waals surface area (Å²) in [5, 5.41) is 19.2. The maximum absolute atomic E-state index is 11.0. The summed E-state index contributed by atoms with van der Waals surface area (Å²) >= 11 is 4.77. The predicted octanol–water partition coefficient (Wildman–Crippen LogP) is 4.22. The summed E-state index contributed by atoms with van der Waals surface area (Å²) in [7, 11) is 0. The fourth-order valence-electron chi connectivity index (χ4n) is 2.05. The molecule has 0 saturated heterocycles. The zero-order chi connectivity index (χ0) is 16.2. The van der Waals surface area contributed by atoms with Gasteiger partial charge in [-0.15, -0.1) is 10.2 Å². The topological polar surface area (TPSA) is 78.9 Å². The third kappa shape index (κ3) is 3.80. The van der Waals surface area contributed by atoms with Crippen molar-refractivity contribution in [3.05, 3.63) is 64.3 Å². The van der Waals surface area contributed by atoms with Crippen LogP contribution in [0.4, 0.5) is 0 Å². The van der Waals surface area contributed by atoms with Crippen LogP contribution in [0.3, 0.4) is 0 Å². The lowest BCUT2D eigenvalue weighted by atomic mass is 10.0. The summed E-state index contributed by atoms with van der Waals surface area (Å²) in [5.74, 6) is -0.445. The molecule has 0 radical (unpaired) electrons. The molecule has 3 aromatic rings. The number of aromatic carboxylic acids is 1. The Bertz CT molecular complexity index is 816. The Kier molecular flexibility index (Phi) is 4.78. The molecule has 0 saturated carbocycles. The van der Waals surface area contributed by atoms with Gasteiger partial charge in [-0.1, -0.05) is 64.1 Å².